The Bertz CT molecular complexity index is 348. The van der Waals surface area contributed by atoms with E-state index in [1.807, 2.05) is 0 Å². The van der Waals surface area contributed by atoms with Crippen molar-refractivity contribution in [1.29, 1.82) is 0 Å². The molecule has 1 fully saturated rings. The molecule has 0 atom stereocenters. The van der Waals surface area contributed by atoms with Gasteiger partial charge >= 0.3 is 0 Å². The summed E-state index contributed by atoms with van der Waals surface area (Å²) in [7, 11) is 0. The van der Waals surface area contributed by atoms with Crippen LogP contribution >= 0.6 is 0 Å². The van der Waals surface area contributed by atoms with Gasteiger partial charge in [-0.05, 0) is 62.6 Å². The van der Waals surface area contributed by atoms with Crippen molar-refractivity contribution >= 4 is 5.69 Å². The van der Waals surface area contributed by atoms with Crippen LogP contribution in [0.25, 0.3) is 0 Å². The highest BCUT2D eigenvalue weighted by Gasteiger charge is 2.18. The molecular weight excluding hydrogens is 194 g/mol. The van der Waals surface area contributed by atoms with Crippen molar-refractivity contribution < 1.29 is 0 Å². The summed E-state index contributed by atoms with van der Waals surface area (Å²) in [6, 6.07) is 7.36. The molecule has 1 aliphatic carbocycles. The lowest BCUT2D eigenvalue weighted by Crippen LogP contribution is -2.25. The molecule has 0 aromatic heterocycles. The first-order valence-electron chi connectivity index (χ1n) is 6.49. The number of benzene rings is 1. The number of aryl methyl sites for hydroxylation is 2. The van der Waals surface area contributed by atoms with E-state index in [1.165, 1.54) is 42.5 Å². The minimum atomic E-state index is 0.691. The van der Waals surface area contributed by atoms with Crippen molar-refractivity contribution in [3.63, 3.8) is 0 Å². The van der Waals surface area contributed by atoms with Crippen molar-refractivity contribution in [3.05, 3.63) is 29.3 Å². The van der Waals surface area contributed by atoms with E-state index in [4.69, 9.17) is 0 Å². The summed E-state index contributed by atoms with van der Waals surface area (Å²) in [4.78, 5) is 0. The summed E-state index contributed by atoms with van der Waals surface area (Å²) in [6.07, 6.45) is 5.41. The number of hydrogen-bond donors (Lipinski definition) is 1. The quantitative estimate of drug-likeness (QED) is 0.779. The zero-order chi connectivity index (χ0) is 11.5. The van der Waals surface area contributed by atoms with Crippen molar-refractivity contribution in [3.8, 4) is 0 Å². The summed E-state index contributed by atoms with van der Waals surface area (Å²) in [5.74, 6) is 0.927. The summed E-state index contributed by atoms with van der Waals surface area (Å²) in [6.45, 7) is 6.72. The van der Waals surface area contributed by atoms with Gasteiger partial charge in [-0.25, -0.2) is 0 Å². The van der Waals surface area contributed by atoms with Gasteiger partial charge in [0.2, 0.25) is 0 Å². The third kappa shape index (κ3) is 2.78. The maximum absolute atomic E-state index is 3.71. The highest BCUT2D eigenvalue weighted by molar-refractivity contribution is 5.53. The van der Waals surface area contributed by atoms with Gasteiger partial charge in [-0.15, -0.1) is 0 Å². The van der Waals surface area contributed by atoms with E-state index >= 15 is 0 Å². The molecule has 0 bridgehead atoms. The van der Waals surface area contributed by atoms with Crippen LogP contribution in [0.2, 0.25) is 0 Å². The molecule has 1 heteroatoms. The maximum atomic E-state index is 3.71. The fourth-order valence-electron chi connectivity index (χ4n) is 2.52. The smallest absolute Gasteiger partial charge is 0.0374 e. The Morgan fingerprint density at radius 1 is 1.06 bits per heavy atom. The van der Waals surface area contributed by atoms with Gasteiger partial charge in [0.25, 0.3) is 0 Å². The van der Waals surface area contributed by atoms with Gasteiger partial charge in [0.15, 0.2) is 0 Å². The summed E-state index contributed by atoms with van der Waals surface area (Å²) >= 11 is 0. The Morgan fingerprint density at radius 2 is 1.75 bits per heavy atom. The van der Waals surface area contributed by atoms with Gasteiger partial charge in [0, 0.05) is 11.7 Å². The van der Waals surface area contributed by atoms with Crippen LogP contribution < -0.4 is 5.32 Å². The largest absolute Gasteiger partial charge is 0.382 e. The molecule has 2 rings (SSSR count). The first kappa shape index (κ1) is 11.5. The van der Waals surface area contributed by atoms with E-state index in [-0.39, 0.29) is 0 Å². The predicted octanol–water partition coefficient (Wildman–Crippen LogP) is 4.29. The molecule has 0 amide bonds. The van der Waals surface area contributed by atoms with Gasteiger partial charge in [-0.2, -0.15) is 0 Å². The summed E-state index contributed by atoms with van der Waals surface area (Å²) < 4.78 is 0. The van der Waals surface area contributed by atoms with Crippen LogP contribution in [-0.4, -0.2) is 6.04 Å². The molecule has 88 valence electrons. The molecule has 0 spiro atoms. The topological polar surface area (TPSA) is 12.0 Å². The summed E-state index contributed by atoms with van der Waals surface area (Å²) in [5.41, 5.74) is 4.04. The Balaban J connectivity index is 2.00. The highest BCUT2D eigenvalue weighted by atomic mass is 14.9. The second kappa shape index (κ2) is 4.90. The molecule has 16 heavy (non-hydrogen) atoms. The molecule has 0 saturated heterocycles. The van der Waals surface area contributed by atoms with E-state index in [2.05, 4.69) is 44.3 Å². The average molecular weight is 217 g/mol. The molecule has 1 aliphatic rings. The zero-order valence-corrected chi connectivity index (χ0v) is 10.7. The minimum Gasteiger partial charge on any atom is -0.382 e. The molecule has 0 unspecified atom stereocenters. The molecule has 0 aliphatic heterocycles. The number of anilines is 1. The van der Waals surface area contributed by atoms with E-state index in [0.29, 0.717) is 6.04 Å². The Hall–Kier alpha value is -0.980. The van der Waals surface area contributed by atoms with E-state index < -0.39 is 0 Å². The normalized spacial score (nSPS) is 25.4. The van der Waals surface area contributed by atoms with Gasteiger partial charge in [-0.3, -0.25) is 0 Å². The number of nitrogens with one attached hydrogen (secondary N) is 1. The molecule has 1 nitrogen and oxygen atoms in total. The van der Waals surface area contributed by atoms with Gasteiger partial charge in [0.1, 0.15) is 0 Å². The zero-order valence-electron chi connectivity index (χ0n) is 10.7. The third-order valence-electron chi connectivity index (χ3n) is 3.77. The van der Waals surface area contributed by atoms with Crippen molar-refractivity contribution in [2.75, 3.05) is 5.32 Å². The van der Waals surface area contributed by atoms with E-state index in [9.17, 15) is 0 Å². The fraction of sp³-hybridized carbons (Fsp3) is 0.600. The average Bonchev–Trinajstić information content (AvgIpc) is 2.27. The molecule has 1 N–H and O–H groups in total. The lowest BCUT2D eigenvalue weighted by molar-refractivity contribution is 0.361. The van der Waals surface area contributed by atoms with Crippen LogP contribution in [0.5, 0.6) is 0 Å². The third-order valence-corrected chi connectivity index (χ3v) is 3.77. The molecule has 1 aromatic carbocycles. The Kier molecular flexibility index (Phi) is 3.52. The molecule has 1 aromatic rings. The van der Waals surface area contributed by atoms with Gasteiger partial charge in [0.05, 0.1) is 0 Å². The van der Waals surface area contributed by atoms with Crippen LogP contribution in [0, 0.1) is 19.8 Å². The van der Waals surface area contributed by atoms with Gasteiger partial charge < -0.3 is 5.32 Å². The highest BCUT2D eigenvalue weighted by Crippen LogP contribution is 2.27. The van der Waals surface area contributed by atoms with E-state index in [0.717, 1.165) is 5.92 Å². The standard InChI is InChI=1S/C15H23N/c1-11-5-8-14(9-6-11)16-15-10-12(2)4-7-13(15)3/h4,7,10-11,14,16H,5-6,8-9H2,1-3H3. The Morgan fingerprint density at radius 3 is 2.44 bits per heavy atom. The van der Waals surface area contributed by atoms with Crippen molar-refractivity contribution in [2.24, 2.45) is 5.92 Å². The SMILES string of the molecule is Cc1ccc(C)c(NC2CCC(C)CC2)c1. The summed E-state index contributed by atoms with van der Waals surface area (Å²) in [5, 5.41) is 3.71. The number of hydrogen-bond acceptors (Lipinski definition) is 1. The Labute approximate surface area is 99.3 Å². The van der Waals surface area contributed by atoms with Crippen LogP contribution in [0.4, 0.5) is 5.69 Å². The van der Waals surface area contributed by atoms with Crippen molar-refractivity contribution in [2.45, 2.75) is 52.5 Å². The first-order valence-corrected chi connectivity index (χ1v) is 6.49. The lowest BCUT2D eigenvalue weighted by Gasteiger charge is -2.28. The monoisotopic (exact) mass is 217 g/mol. The van der Waals surface area contributed by atoms with Crippen LogP contribution in [0.3, 0.4) is 0 Å². The molecule has 0 heterocycles. The van der Waals surface area contributed by atoms with Crippen LogP contribution in [0.1, 0.15) is 43.7 Å². The molecule has 0 radical (unpaired) electrons. The molecule has 1 saturated carbocycles. The second-order valence-corrected chi connectivity index (χ2v) is 5.42. The number of rotatable bonds is 2. The lowest BCUT2D eigenvalue weighted by atomic mass is 9.87. The fourth-order valence-corrected chi connectivity index (χ4v) is 2.52. The van der Waals surface area contributed by atoms with E-state index in [1.54, 1.807) is 0 Å². The predicted molar refractivity (Wildman–Crippen MR) is 71.0 cm³/mol. The van der Waals surface area contributed by atoms with Gasteiger partial charge in [-0.1, -0.05) is 19.1 Å². The van der Waals surface area contributed by atoms with Crippen molar-refractivity contribution in [1.82, 2.24) is 0 Å². The molecular formula is C15H23N. The first-order chi connectivity index (χ1) is 7.65. The van der Waals surface area contributed by atoms with Crippen LogP contribution in [-0.2, 0) is 0 Å². The minimum absolute atomic E-state index is 0.691. The maximum Gasteiger partial charge on any atom is 0.0374 e. The van der Waals surface area contributed by atoms with Crippen LogP contribution in [0.15, 0.2) is 18.2 Å². The second-order valence-electron chi connectivity index (χ2n) is 5.42.